The summed E-state index contributed by atoms with van der Waals surface area (Å²) >= 11 is 1.36. The maximum atomic E-state index is 11.0. The lowest BCUT2D eigenvalue weighted by Crippen LogP contribution is -2.02. The van der Waals surface area contributed by atoms with Crippen LogP contribution in [0.5, 0.6) is 0 Å². The number of aryl methyl sites for hydroxylation is 1. The molecule has 0 unspecified atom stereocenters. The van der Waals surface area contributed by atoms with Gasteiger partial charge in [-0.2, -0.15) is 0 Å². The Morgan fingerprint density at radius 2 is 1.81 bits per heavy atom. The molecule has 0 radical (unpaired) electrons. The Balaban J connectivity index is 2.29. The van der Waals surface area contributed by atoms with E-state index in [1.807, 2.05) is 24.3 Å². The van der Waals surface area contributed by atoms with E-state index in [1.165, 1.54) is 29.5 Å². The Morgan fingerprint density at radius 1 is 1.19 bits per heavy atom. The number of nitrogens with zero attached hydrogens (tertiary/aromatic N) is 1. The lowest BCUT2D eigenvalue weighted by atomic mass is 10.2. The van der Waals surface area contributed by atoms with Gasteiger partial charge < -0.3 is 5.11 Å². The van der Waals surface area contributed by atoms with Crippen LogP contribution < -0.4 is 0 Å². The van der Waals surface area contributed by atoms with Crippen molar-refractivity contribution in [2.24, 2.45) is 0 Å². The zero-order valence-electron chi connectivity index (χ0n) is 11.3. The van der Waals surface area contributed by atoms with E-state index in [0.717, 1.165) is 11.3 Å². The summed E-state index contributed by atoms with van der Waals surface area (Å²) in [6.45, 7) is 2.07. The van der Waals surface area contributed by atoms with E-state index in [2.05, 4.69) is 6.92 Å². The van der Waals surface area contributed by atoms with Crippen LogP contribution in [-0.2, 0) is 6.42 Å². The van der Waals surface area contributed by atoms with Crippen molar-refractivity contribution < 1.29 is 14.8 Å². The van der Waals surface area contributed by atoms with Crippen molar-refractivity contribution >= 4 is 23.4 Å². The SMILES string of the molecule is CCc1ccc(Sc2ccc(C(=O)O)c([N+](=O)[O-])c2)cc1. The molecule has 0 amide bonds. The Labute approximate surface area is 125 Å². The van der Waals surface area contributed by atoms with Crippen molar-refractivity contribution in [3.05, 3.63) is 63.7 Å². The second kappa shape index (κ2) is 6.41. The molecule has 6 heteroatoms. The first kappa shape index (κ1) is 15.1. The molecule has 21 heavy (non-hydrogen) atoms. The molecule has 2 aromatic rings. The summed E-state index contributed by atoms with van der Waals surface area (Å²) in [5.74, 6) is -1.30. The average Bonchev–Trinajstić information content (AvgIpc) is 2.47. The fourth-order valence-corrected chi connectivity index (χ4v) is 2.69. The van der Waals surface area contributed by atoms with Gasteiger partial charge in [0.1, 0.15) is 5.56 Å². The van der Waals surface area contributed by atoms with Crippen LogP contribution in [0, 0.1) is 10.1 Å². The third-order valence-corrected chi connectivity index (χ3v) is 3.96. The first-order chi connectivity index (χ1) is 10.0. The van der Waals surface area contributed by atoms with Crippen molar-refractivity contribution in [2.75, 3.05) is 0 Å². The van der Waals surface area contributed by atoms with Gasteiger partial charge in [-0.15, -0.1) is 0 Å². The topological polar surface area (TPSA) is 80.4 Å². The largest absolute Gasteiger partial charge is 0.477 e. The summed E-state index contributed by atoms with van der Waals surface area (Å²) in [7, 11) is 0. The molecular weight excluding hydrogens is 290 g/mol. The monoisotopic (exact) mass is 303 g/mol. The van der Waals surface area contributed by atoms with Gasteiger partial charge in [0, 0.05) is 15.9 Å². The van der Waals surface area contributed by atoms with E-state index in [0.29, 0.717) is 4.90 Å². The van der Waals surface area contributed by atoms with Crippen molar-refractivity contribution in [3.8, 4) is 0 Å². The summed E-state index contributed by atoms with van der Waals surface area (Å²) in [4.78, 5) is 22.8. The van der Waals surface area contributed by atoms with Crippen LogP contribution in [-0.4, -0.2) is 16.0 Å². The van der Waals surface area contributed by atoms with E-state index in [9.17, 15) is 14.9 Å². The Morgan fingerprint density at radius 3 is 2.33 bits per heavy atom. The molecule has 5 nitrogen and oxygen atoms in total. The molecule has 0 atom stereocenters. The zero-order chi connectivity index (χ0) is 15.4. The molecule has 2 aromatic carbocycles. The predicted octanol–water partition coefficient (Wildman–Crippen LogP) is 4.01. The van der Waals surface area contributed by atoms with Crippen LogP contribution in [0.3, 0.4) is 0 Å². The van der Waals surface area contributed by atoms with Gasteiger partial charge in [0.05, 0.1) is 4.92 Å². The van der Waals surface area contributed by atoms with Gasteiger partial charge in [-0.25, -0.2) is 4.79 Å². The number of hydrogen-bond donors (Lipinski definition) is 1. The van der Waals surface area contributed by atoms with E-state index in [4.69, 9.17) is 5.11 Å². The molecule has 0 aliphatic carbocycles. The van der Waals surface area contributed by atoms with Crippen LogP contribution in [0.25, 0.3) is 0 Å². The highest BCUT2D eigenvalue weighted by atomic mass is 32.2. The fourth-order valence-electron chi connectivity index (χ4n) is 1.84. The van der Waals surface area contributed by atoms with Crippen LogP contribution in [0.1, 0.15) is 22.8 Å². The van der Waals surface area contributed by atoms with E-state index < -0.39 is 16.6 Å². The fraction of sp³-hybridized carbons (Fsp3) is 0.133. The number of carbonyl (C=O) groups is 1. The maximum absolute atomic E-state index is 11.0. The van der Waals surface area contributed by atoms with Crippen molar-refractivity contribution in [1.29, 1.82) is 0 Å². The van der Waals surface area contributed by atoms with Gasteiger partial charge in [0.2, 0.25) is 0 Å². The molecular formula is C15H13NO4S. The molecule has 0 spiro atoms. The second-order valence-corrected chi connectivity index (χ2v) is 5.49. The Hall–Kier alpha value is -2.34. The Kier molecular flexibility index (Phi) is 4.59. The summed E-state index contributed by atoms with van der Waals surface area (Å²) in [6, 6.07) is 12.0. The Bertz CT molecular complexity index is 683. The molecule has 0 aliphatic heterocycles. The van der Waals surface area contributed by atoms with Crippen molar-refractivity contribution in [1.82, 2.24) is 0 Å². The van der Waals surface area contributed by atoms with Gasteiger partial charge in [-0.3, -0.25) is 10.1 Å². The third kappa shape index (κ3) is 3.61. The number of carboxylic acids is 1. The molecule has 0 saturated carbocycles. The summed E-state index contributed by atoms with van der Waals surface area (Å²) in [5.41, 5.74) is 0.523. The van der Waals surface area contributed by atoms with E-state index >= 15 is 0 Å². The molecule has 1 N–H and O–H groups in total. The van der Waals surface area contributed by atoms with Crippen LogP contribution in [0.2, 0.25) is 0 Å². The minimum absolute atomic E-state index is 0.300. The number of hydrogen-bond acceptors (Lipinski definition) is 4. The summed E-state index contributed by atoms with van der Waals surface area (Å²) < 4.78 is 0. The minimum Gasteiger partial charge on any atom is -0.477 e. The number of carboxylic acid groups (broad SMARTS) is 1. The average molecular weight is 303 g/mol. The van der Waals surface area contributed by atoms with Crippen molar-refractivity contribution in [3.63, 3.8) is 0 Å². The van der Waals surface area contributed by atoms with E-state index in [-0.39, 0.29) is 5.56 Å². The van der Waals surface area contributed by atoms with Crippen molar-refractivity contribution in [2.45, 2.75) is 23.1 Å². The summed E-state index contributed by atoms with van der Waals surface area (Å²) in [6.07, 6.45) is 0.948. The molecule has 2 rings (SSSR count). The van der Waals surface area contributed by atoms with Gasteiger partial charge >= 0.3 is 5.97 Å². The second-order valence-electron chi connectivity index (χ2n) is 4.34. The lowest BCUT2D eigenvalue weighted by Gasteiger charge is -2.04. The number of rotatable bonds is 5. The zero-order valence-corrected chi connectivity index (χ0v) is 12.1. The van der Waals surface area contributed by atoms with Gasteiger partial charge in [0.15, 0.2) is 0 Å². The molecule has 0 aromatic heterocycles. The maximum Gasteiger partial charge on any atom is 0.342 e. The smallest absolute Gasteiger partial charge is 0.342 e. The van der Waals surface area contributed by atoms with Gasteiger partial charge in [-0.1, -0.05) is 30.8 Å². The standard InChI is InChI=1S/C15H13NO4S/c1-2-10-3-5-11(6-4-10)21-12-7-8-13(15(17)18)14(9-12)16(19)20/h3-9H,2H2,1H3,(H,17,18). The molecule has 0 bridgehead atoms. The van der Waals surface area contributed by atoms with Crippen LogP contribution in [0.15, 0.2) is 52.3 Å². The first-order valence-corrected chi connectivity index (χ1v) is 7.11. The van der Waals surface area contributed by atoms with Crippen LogP contribution >= 0.6 is 11.8 Å². The van der Waals surface area contributed by atoms with E-state index in [1.54, 1.807) is 6.07 Å². The molecule has 0 heterocycles. The predicted molar refractivity (Wildman–Crippen MR) is 80.0 cm³/mol. The number of benzene rings is 2. The highest BCUT2D eigenvalue weighted by molar-refractivity contribution is 7.99. The molecule has 0 aliphatic rings. The molecule has 0 fully saturated rings. The van der Waals surface area contributed by atoms with Crippen LogP contribution in [0.4, 0.5) is 5.69 Å². The molecule has 108 valence electrons. The minimum atomic E-state index is -1.30. The third-order valence-electron chi connectivity index (χ3n) is 2.96. The number of nitro groups is 1. The highest BCUT2D eigenvalue weighted by Gasteiger charge is 2.20. The normalized spacial score (nSPS) is 10.3. The number of nitro benzene ring substituents is 1. The summed E-state index contributed by atoms with van der Waals surface area (Å²) in [5, 5.41) is 19.9. The van der Waals surface area contributed by atoms with Gasteiger partial charge in [-0.05, 0) is 36.2 Å². The quantitative estimate of drug-likeness (QED) is 0.667. The number of aromatic carboxylic acids is 1. The van der Waals surface area contributed by atoms with Gasteiger partial charge in [0.25, 0.3) is 5.69 Å². The lowest BCUT2D eigenvalue weighted by molar-refractivity contribution is -0.385. The highest BCUT2D eigenvalue weighted by Crippen LogP contribution is 2.32. The molecule has 0 saturated heterocycles. The first-order valence-electron chi connectivity index (χ1n) is 6.29.